The number of likely N-dealkylation sites (tertiary alicyclic amines) is 1. The number of ether oxygens (including phenoxy) is 3. The van der Waals surface area contributed by atoms with Gasteiger partial charge in [-0.25, -0.2) is 24.0 Å². The highest BCUT2D eigenvalue weighted by molar-refractivity contribution is 7.10. The van der Waals surface area contributed by atoms with E-state index in [1.807, 2.05) is 13.8 Å². The fraction of sp³-hybridized carbons (Fsp3) is 0.549. The molecule has 3 aromatic heterocycles. The minimum Gasteiger partial charge on any atom is -0.470 e. The van der Waals surface area contributed by atoms with Crippen molar-refractivity contribution in [3.8, 4) is 22.5 Å². The van der Waals surface area contributed by atoms with Crippen LogP contribution < -0.4 is 10.7 Å². The number of hydrogen-bond acceptors (Lipinski definition) is 12. The van der Waals surface area contributed by atoms with Crippen LogP contribution in [0.3, 0.4) is 0 Å². The highest BCUT2D eigenvalue weighted by Crippen LogP contribution is 2.43. The molecule has 0 bridgehead atoms. The Morgan fingerprint density at radius 2 is 1.84 bits per heavy atom. The largest absolute Gasteiger partial charge is 0.470 e. The smallest absolute Gasteiger partial charge is 0.406 e. The Hall–Kier alpha value is -5.82. The Labute approximate surface area is 439 Å². The average molecular weight is 1090 g/mol. The van der Waals surface area contributed by atoms with E-state index in [9.17, 15) is 45.9 Å². The van der Waals surface area contributed by atoms with Gasteiger partial charge in [0.25, 0.3) is 17.9 Å². The number of hydrogen-bond donors (Lipinski definition) is 2. The van der Waals surface area contributed by atoms with Crippen LogP contribution in [0.4, 0.5) is 31.5 Å². The SMILES string of the molecule is CO[C@@H](C)c1ncccc1-c1c(CC(C)(C)COC(=O)[Si])c2cc(-c3csc(C[C@H](NC(=O)[C@H](C(C)C)N(C)C(=O)N4C[C@@H]5OCCN(C(=O)/C=C/C(F)F)[C@@H]5C4)C(=O)N4CCCCN4)n3)ccc2n1CC(F)(F)F. The lowest BCUT2D eigenvalue weighted by atomic mass is 9.84. The highest BCUT2D eigenvalue weighted by atomic mass is 32.1. The molecule has 75 heavy (non-hydrogen) atoms. The summed E-state index contributed by atoms with van der Waals surface area (Å²) in [5.41, 5.74) is 4.70. The molecule has 24 heteroatoms. The first kappa shape index (κ1) is 56.9. The first-order chi connectivity index (χ1) is 35.5. The summed E-state index contributed by atoms with van der Waals surface area (Å²) in [6, 6.07) is 5.11. The van der Waals surface area contributed by atoms with Crippen LogP contribution in [0.2, 0.25) is 0 Å². The number of pyridine rings is 1. The van der Waals surface area contributed by atoms with Crippen LogP contribution in [0.5, 0.6) is 0 Å². The molecule has 405 valence electrons. The van der Waals surface area contributed by atoms with Crippen molar-refractivity contribution in [1.82, 2.24) is 45.0 Å². The molecule has 0 saturated carbocycles. The molecular formula is C51H63F5N9O8SSi. The van der Waals surface area contributed by atoms with Crippen molar-refractivity contribution in [1.29, 1.82) is 0 Å². The number of urea groups is 1. The van der Waals surface area contributed by atoms with Crippen molar-refractivity contribution in [2.45, 2.75) is 110 Å². The third-order valence-electron chi connectivity index (χ3n) is 13.7. The molecule has 0 aliphatic carbocycles. The van der Waals surface area contributed by atoms with E-state index in [4.69, 9.17) is 19.2 Å². The third kappa shape index (κ3) is 13.6. The zero-order valence-corrected chi connectivity index (χ0v) is 44.7. The van der Waals surface area contributed by atoms with E-state index in [1.165, 1.54) is 49.8 Å². The average Bonchev–Trinajstić information content (AvgIpc) is 4.10. The van der Waals surface area contributed by atoms with Crippen LogP contribution in [-0.4, -0.2) is 171 Å². The maximum Gasteiger partial charge on any atom is 0.406 e. The summed E-state index contributed by atoms with van der Waals surface area (Å²) in [5.74, 6) is -2.08. The van der Waals surface area contributed by atoms with E-state index in [-0.39, 0.29) is 51.4 Å². The molecule has 3 fully saturated rings. The van der Waals surface area contributed by atoms with Gasteiger partial charge < -0.3 is 38.8 Å². The number of aromatic nitrogens is 3. The number of halogens is 5. The first-order valence-corrected chi connectivity index (χ1v) is 26.1. The molecule has 6 heterocycles. The lowest BCUT2D eigenvalue weighted by Crippen LogP contribution is -2.60. The number of allylic oxidation sites excluding steroid dienone is 1. The lowest BCUT2D eigenvalue weighted by molar-refractivity contribution is -0.141. The Morgan fingerprint density at radius 3 is 2.51 bits per heavy atom. The molecule has 7 rings (SSSR count). The Kier molecular flexibility index (Phi) is 18.2. The van der Waals surface area contributed by atoms with Gasteiger partial charge in [0, 0.05) is 91.9 Å². The topological polar surface area (TPSA) is 181 Å². The van der Waals surface area contributed by atoms with Crippen LogP contribution in [0.25, 0.3) is 33.4 Å². The number of likely N-dealkylation sites (N-methyl/N-ethyl adjacent to an activating group) is 1. The van der Waals surface area contributed by atoms with Gasteiger partial charge in [0.1, 0.15) is 18.6 Å². The number of rotatable bonds is 18. The molecule has 5 atom stereocenters. The second kappa shape index (κ2) is 24.0. The van der Waals surface area contributed by atoms with Crippen molar-refractivity contribution in [3.63, 3.8) is 0 Å². The molecule has 2 N–H and O–H groups in total. The van der Waals surface area contributed by atoms with Crippen molar-refractivity contribution in [2.75, 3.05) is 60.1 Å². The predicted molar refractivity (Wildman–Crippen MR) is 271 cm³/mol. The van der Waals surface area contributed by atoms with Gasteiger partial charge in [-0.15, -0.1) is 11.3 Å². The summed E-state index contributed by atoms with van der Waals surface area (Å²) in [5, 5.41) is 7.15. The number of morpholine rings is 1. The molecule has 3 aliphatic rings. The van der Waals surface area contributed by atoms with Crippen LogP contribution in [-0.2, 0) is 48.0 Å². The first-order valence-electron chi connectivity index (χ1n) is 24.8. The predicted octanol–water partition coefficient (Wildman–Crippen LogP) is 6.93. The number of carbonyl (C=O) groups is 5. The number of hydrazine groups is 1. The molecule has 3 radical (unpaired) electrons. The van der Waals surface area contributed by atoms with Gasteiger partial charge in [-0.2, -0.15) is 13.2 Å². The molecule has 4 aromatic rings. The Morgan fingerprint density at radius 1 is 1.08 bits per heavy atom. The van der Waals surface area contributed by atoms with E-state index < -0.39 is 90.2 Å². The van der Waals surface area contributed by atoms with E-state index >= 15 is 0 Å². The zero-order valence-electron chi connectivity index (χ0n) is 42.9. The fourth-order valence-electron chi connectivity index (χ4n) is 10.1. The van der Waals surface area contributed by atoms with Crippen LogP contribution in [0.15, 0.2) is 54.1 Å². The van der Waals surface area contributed by atoms with Gasteiger partial charge in [-0.05, 0) is 68.0 Å². The van der Waals surface area contributed by atoms with Gasteiger partial charge in [0.15, 0.2) is 10.2 Å². The van der Waals surface area contributed by atoms with E-state index in [0.717, 1.165) is 18.9 Å². The van der Waals surface area contributed by atoms with Crippen molar-refractivity contribution in [2.24, 2.45) is 11.3 Å². The molecule has 0 unspecified atom stereocenters. The quantitative estimate of drug-likeness (QED) is 0.0599. The summed E-state index contributed by atoms with van der Waals surface area (Å²) < 4.78 is 87.9. The van der Waals surface area contributed by atoms with Gasteiger partial charge in [0.05, 0.1) is 60.1 Å². The Bertz CT molecular complexity index is 2750. The van der Waals surface area contributed by atoms with Gasteiger partial charge in [0.2, 0.25) is 11.8 Å². The van der Waals surface area contributed by atoms with Crippen LogP contribution >= 0.6 is 11.3 Å². The fourth-order valence-corrected chi connectivity index (χ4v) is 11.1. The number of methoxy groups -OCH3 is 1. The number of nitrogens with zero attached hydrogens (tertiary/aromatic N) is 7. The summed E-state index contributed by atoms with van der Waals surface area (Å²) in [4.78, 5) is 81.5. The minimum atomic E-state index is -4.63. The molecule has 0 spiro atoms. The summed E-state index contributed by atoms with van der Waals surface area (Å²) in [7, 11) is 5.84. The van der Waals surface area contributed by atoms with E-state index in [1.54, 1.807) is 62.7 Å². The van der Waals surface area contributed by atoms with Gasteiger partial charge in [-0.1, -0.05) is 33.8 Å². The normalized spacial score (nSPS) is 18.7. The summed E-state index contributed by atoms with van der Waals surface area (Å²) >= 11 is 1.24. The second-order valence-corrected chi connectivity index (χ2v) is 21.5. The maximum atomic E-state index is 14.7. The van der Waals surface area contributed by atoms with Crippen LogP contribution in [0, 0.1) is 11.3 Å². The molecular weight excluding hydrogens is 1020 g/mol. The highest BCUT2D eigenvalue weighted by Gasteiger charge is 2.46. The monoisotopic (exact) mass is 1080 g/mol. The van der Waals surface area contributed by atoms with Gasteiger partial charge in [-0.3, -0.25) is 29.2 Å². The Balaban J connectivity index is 1.20. The summed E-state index contributed by atoms with van der Waals surface area (Å²) in [6.07, 6.45) is -4.01. The maximum absolute atomic E-state index is 14.7. The zero-order chi connectivity index (χ0) is 54.5. The number of amides is 5. The molecule has 1 aromatic carbocycles. The second-order valence-electron chi connectivity index (χ2n) is 20.2. The lowest BCUT2D eigenvalue weighted by Gasteiger charge is -2.36. The number of thiazole rings is 1. The number of nitrogens with one attached hydrogen (secondary N) is 2. The third-order valence-corrected chi connectivity index (χ3v) is 14.7. The van der Waals surface area contributed by atoms with Gasteiger partial charge >= 0.3 is 12.2 Å². The van der Waals surface area contributed by atoms with Crippen molar-refractivity contribution >= 4 is 61.8 Å². The van der Waals surface area contributed by atoms with Crippen LogP contribution in [0.1, 0.15) is 69.8 Å². The van der Waals surface area contributed by atoms with E-state index in [2.05, 4.69) is 26.0 Å². The van der Waals surface area contributed by atoms with Crippen molar-refractivity contribution in [3.05, 3.63) is 70.3 Å². The number of fused-ring (bicyclic) bond motifs is 2. The number of carbonyl (C=O) groups excluding carboxylic acids is 5. The molecule has 5 amide bonds. The van der Waals surface area contributed by atoms with E-state index in [0.29, 0.717) is 63.2 Å². The minimum absolute atomic E-state index is 0.0446. The summed E-state index contributed by atoms with van der Waals surface area (Å²) in [6.45, 7) is 8.99. The molecule has 3 saturated heterocycles. The number of alkyl halides is 5. The molecule has 3 aliphatic heterocycles. The molecule has 17 nitrogen and oxygen atoms in total. The standard InChI is InChI=1S/C51H63F5N9O8SSi/c1-29(2)44(61(6)48(69)62-24-38-39(25-62)72-20-19-63(38)42(66)15-14-40(52)53)46(67)60-35(47(68)65-18-9-8-17-58-65)22-41-59-36(26-74-41)31-12-13-37-33(21-31)34(23-50(4,5)28-73-49(70)75)45(64(37)27-51(54,55)56)32-11-10-16-57-43(32)30(3)71-7/h10-16,21,26,29-30,35,38-40,44,58H,8-9,17-20,22-25,27-28H2,1-7H3,(H,60,67)/b15-14+/t30-,35-,38+,39-,44-/m0/s1. The van der Waals surface area contributed by atoms with Crippen molar-refractivity contribution < 1.29 is 60.1 Å². The number of benzene rings is 1.